The Kier molecular flexibility index (Phi) is 4.02. The van der Waals surface area contributed by atoms with Crippen molar-refractivity contribution < 1.29 is 4.79 Å². The van der Waals surface area contributed by atoms with Gasteiger partial charge in [0.15, 0.2) is 0 Å². The quantitative estimate of drug-likeness (QED) is 0.811. The molecule has 0 spiro atoms. The monoisotopic (exact) mass is 392 g/mol. The van der Waals surface area contributed by atoms with Crippen LogP contribution in [0, 0.1) is 16.7 Å². The van der Waals surface area contributed by atoms with Crippen molar-refractivity contribution in [2.75, 3.05) is 13.1 Å². The number of carbonyl (C=O) groups is 1. The molecule has 4 bridgehead atoms. The van der Waals surface area contributed by atoms with Crippen molar-refractivity contribution in [2.24, 2.45) is 16.7 Å². The summed E-state index contributed by atoms with van der Waals surface area (Å²) in [4.78, 5) is 16.6. The van der Waals surface area contributed by atoms with Gasteiger partial charge in [-0.2, -0.15) is 0 Å². The topological polar surface area (TPSA) is 32.3 Å². The highest BCUT2D eigenvalue weighted by molar-refractivity contribution is 5.84. The predicted octanol–water partition coefficient (Wildman–Crippen LogP) is 4.66. The fourth-order valence-electron chi connectivity index (χ4n) is 9.07. The Bertz CT molecular complexity index is 808. The molecule has 2 aliphatic heterocycles. The van der Waals surface area contributed by atoms with Gasteiger partial charge in [0.2, 0.25) is 5.91 Å². The molecule has 3 nitrogen and oxygen atoms in total. The van der Waals surface area contributed by atoms with Gasteiger partial charge in [-0.05, 0) is 99.6 Å². The van der Waals surface area contributed by atoms with Gasteiger partial charge in [-0.15, -0.1) is 0 Å². The minimum absolute atomic E-state index is 0.134. The number of hydrogen-bond donors (Lipinski definition) is 1. The Morgan fingerprint density at radius 1 is 1.00 bits per heavy atom. The van der Waals surface area contributed by atoms with Crippen molar-refractivity contribution in [3.63, 3.8) is 0 Å². The Labute approximate surface area is 175 Å². The Morgan fingerprint density at radius 3 is 2.59 bits per heavy atom. The highest BCUT2D eigenvalue weighted by Gasteiger charge is 2.64. The van der Waals surface area contributed by atoms with Crippen LogP contribution in [0.15, 0.2) is 30.3 Å². The predicted molar refractivity (Wildman–Crippen MR) is 116 cm³/mol. The van der Waals surface area contributed by atoms with Crippen molar-refractivity contribution in [1.82, 2.24) is 10.2 Å². The van der Waals surface area contributed by atoms with Crippen LogP contribution in [0.25, 0.3) is 0 Å². The molecular formula is C26H36N2O. The summed E-state index contributed by atoms with van der Waals surface area (Å²) in [5.74, 6) is 1.13. The molecule has 0 radical (unpaired) electrons. The van der Waals surface area contributed by atoms with E-state index in [0.717, 1.165) is 25.2 Å². The molecule has 29 heavy (non-hydrogen) atoms. The van der Waals surface area contributed by atoms with E-state index in [4.69, 9.17) is 0 Å². The molecule has 2 saturated heterocycles. The van der Waals surface area contributed by atoms with Gasteiger partial charge in [-0.1, -0.05) is 37.3 Å². The number of fused-ring (bicyclic) bond motifs is 1. The summed E-state index contributed by atoms with van der Waals surface area (Å²) in [6, 6.07) is 12.2. The molecule has 6 aliphatic rings. The first-order valence-corrected chi connectivity index (χ1v) is 12.1. The molecule has 3 heteroatoms. The molecule has 1 N–H and O–H groups in total. The lowest BCUT2D eigenvalue weighted by Gasteiger charge is -2.65. The fourth-order valence-corrected chi connectivity index (χ4v) is 9.07. The van der Waals surface area contributed by atoms with Crippen LogP contribution < -0.4 is 5.32 Å². The highest BCUT2D eigenvalue weighted by atomic mass is 16.2. The van der Waals surface area contributed by atoms with Crippen LogP contribution >= 0.6 is 0 Å². The summed E-state index contributed by atoms with van der Waals surface area (Å²) in [5.41, 5.74) is 1.91. The van der Waals surface area contributed by atoms with Gasteiger partial charge in [0, 0.05) is 12.1 Å². The largest absolute Gasteiger partial charge is 0.351 e. The number of hydrogen-bond acceptors (Lipinski definition) is 2. The SMILES string of the molecule is CC12CC3CC(C(=O)N[C@@H]4CCCN5CCC[C@H]45)(C1)CC(c1ccccc1)(C3)C2. The molecule has 4 aliphatic carbocycles. The van der Waals surface area contributed by atoms with E-state index in [1.165, 1.54) is 63.6 Å². The molecule has 156 valence electrons. The number of rotatable bonds is 3. The summed E-state index contributed by atoms with van der Waals surface area (Å²) >= 11 is 0. The van der Waals surface area contributed by atoms with Crippen molar-refractivity contribution in [1.29, 1.82) is 0 Å². The molecule has 1 amide bonds. The van der Waals surface area contributed by atoms with Crippen LogP contribution in [0.4, 0.5) is 0 Å². The maximum atomic E-state index is 13.9. The molecule has 6 atom stereocenters. The number of nitrogens with zero attached hydrogens (tertiary/aromatic N) is 1. The second kappa shape index (κ2) is 6.33. The number of amides is 1. The van der Waals surface area contributed by atoms with Crippen molar-refractivity contribution >= 4 is 5.91 Å². The zero-order valence-corrected chi connectivity index (χ0v) is 18.0. The maximum absolute atomic E-state index is 13.9. The summed E-state index contributed by atoms with van der Waals surface area (Å²) in [6.07, 6.45) is 12.2. The fraction of sp³-hybridized carbons (Fsp3) is 0.731. The van der Waals surface area contributed by atoms with E-state index in [1.807, 2.05) is 0 Å². The van der Waals surface area contributed by atoms with Crippen LogP contribution in [-0.2, 0) is 10.2 Å². The number of carbonyl (C=O) groups excluding carboxylic acids is 1. The molecule has 6 fully saturated rings. The van der Waals surface area contributed by atoms with Crippen LogP contribution in [0.2, 0.25) is 0 Å². The van der Waals surface area contributed by atoms with Gasteiger partial charge in [0.25, 0.3) is 0 Å². The van der Waals surface area contributed by atoms with E-state index in [0.29, 0.717) is 23.4 Å². The first kappa shape index (κ1) is 18.4. The third kappa shape index (κ3) is 2.83. The normalized spacial score (nSPS) is 45.9. The van der Waals surface area contributed by atoms with E-state index in [2.05, 4.69) is 47.5 Å². The van der Waals surface area contributed by atoms with E-state index in [9.17, 15) is 4.79 Å². The van der Waals surface area contributed by atoms with Gasteiger partial charge >= 0.3 is 0 Å². The van der Waals surface area contributed by atoms with Crippen molar-refractivity contribution in [3.05, 3.63) is 35.9 Å². The summed E-state index contributed by atoms with van der Waals surface area (Å²) in [5, 5.41) is 3.65. The molecule has 1 aromatic rings. The van der Waals surface area contributed by atoms with Crippen LogP contribution in [-0.4, -0.2) is 36.0 Å². The maximum Gasteiger partial charge on any atom is 0.226 e. The van der Waals surface area contributed by atoms with Gasteiger partial charge < -0.3 is 5.32 Å². The molecular weight excluding hydrogens is 356 g/mol. The second-order valence-electron chi connectivity index (χ2n) is 11.7. The van der Waals surface area contributed by atoms with Gasteiger partial charge in [0.1, 0.15) is 0 Å². The van der Waals surface area contributed by atoms with Gasteiger partial charge in [-0.25, -0.2) is 0 Å². The summed E-state index contributed by atoms with van der Waals surface area (Å²) < 4.78 is 0. The smallest absolute Gasteiger partial charge is 0.226 e. The molecule has 7 rings (SSSR count). The first-order valence-electron chi connectivity index (χ1n) is 12.1. The third-order valence-electron chi connectivity index (χ3n) is 9.37. The van der Waals surface area contributed by atoms with Gasteiger partial charge in [0.05, 0.1) is 5.41 Å². The number of piperidine rings is 1. The Balaban J connectivity index is 1.30. The van der Waals surface area contributed by atoms with Crippen LogP contribution in [0.5, 0.6) is 0 Å². The molecule has 4 unspecified atom stereocenters. The summed E-state index contributed by atoms with van der Waals surface area (Å²) in [7, 11) is 0. The first-order chi connectivity index (χ1) is 14.0. The van der Waals surface area contributed by atoms with Crippen molar-refractivity contribution in [2.45, 2.75) is 88.6 Å². The standard InChI is InChI=1S/C26H36N2O/c1-24-13-19-14-25(16-24,20-7-3-2-4-8-20)18-26(15-19,17-24)23(29)27-21-9-5-11-28-12-6-10-22(21)28/h2-4,7-8,19,21-22H,5-6,9-18H2,1H3,(H,27,29)/t19?,21-,22-,24?,25?,26?/m1/s1. The second-order valence-corrected chi connectivity index (χ2v) is 11.7. The van der Waals surface area contributed by atoms with Crippen LogP contribution in [0.1, 0.15) is 76.7 Å². The zero-order valence-electron chi connectivity index (χ0n) is 18.0. The average Bonchev–Trinajstić information content (AvgIpc) is 3.17. The number of nitrogens with one attached hydrogen (secondary N) is 1. The third-order valence-corrected chi connectivity index (χ3v) is 9.37. The lowest BCUT2D eigenvalue weighted by molar-refractivity contribution is -0.161. The van der Waals surface area contributed by atoms with E-state index in [-0.39, 0.29) is 10.8 Å². The molecule has 0 aromatic heterocycles. The van der Waals surface area contributed by atoms with Crippen LogP contribution in [0.3, 0.4) is 0 Å². The molecule has 2 heterocycles. The molecule has 1 aromatic carbocycles. The van der Waals surface area contributed by atoms with E-state index < -0.39 is 0 Å². The lowest BCUT2D eigenvalue weighted by Crippen LogP contribution is -2.64. The highest BCUT2D eigenvalue weighted by Crippen LogP contribution is 2.70. The Morgan fingerprint density at radius 2 is 1.79 bits per heavy atom. The zero-order chi connectivity index (χ0) is 19.7. The minimum atomic E-state index is -0.134. The van der Waals surface area contributed by atoms with Crippen molar-refractivity contribution in [3.8, 4) is 0 Å². The Hall–Kier alpha value is -1.35. The molecule has 4 saturated carbocycles. The van der Waals surface area contributed by atoms with Gasteiger partial charge in [-0.3, -0.25) is 9.69 Å². The summed E-state index contributed by atoms with van der Waals surface area (Å²) in [6.45, 7) is 4.95. The van der Waals surface area contributed by atoms with E-state index in [1.54, 1.807) is 0 Å². The number of benzene rings is 1. The lowest BCUT2D eigenvalue weighted by atomic mass is 9.38. The van der Waals surface area contributed by atoms with E-state index >= 15 is 0 Å². The minimum Gasteiger partial charge on any atom is -0.351 e. The average molecular weight is 393 g/mol.